The largest absolute Gasteiger partial charge is 0.480 e. The van der Waals surface area contributed by atoms with Crippen LogP contribution in [0.2, 0.25) is 10.0 Å². The van der Waals surface area contributed by atoms with E-state index in [9.17, 15) is 4.79 Å². The van der Waals surface area contributed by atoms with Crippen molar-refractivity contribution in [2.45, 2.75) is 0 Å². The highest BCUT2D eigenvalue weighted by molar-refractivity contribution is 6.36. The van der Waals surface area contributed by atoms with Crippen molar-refractivity contribution in [3.63, 3.8) is 0 Å². The highest BCUT2D eigenvalue weighted by Gasteiger charge is 2.10. The lowest BCUT2D eigenvalue weighted by Gasteiger charge is -2.12. The number of rotatable bonds is 6. The zero-order valence-electron chi connectivity index (χ0n) is 13.3. The predicted molar refractivity (Wildman–Crippen MR) is 101 cm³/mol. The van der Waals surface area contributed by atoms with Crippen molar-refractivity contribution >= 4 is 46.6 Å². The number of carboxylic acids is 1. The number of carbonyl (C=O) groups is 1. The second kappa shape index (κ2) is 7.99. The van der Waals surface area contributed by atoms with Gasteiger partial charge in [-0.2, -0.15) is 4.98 Å². The first-order valence-corrected chi connectivity index (χ1v) is 8.24. The van der Waals surface area contributed by atoms with Crippen LogP contribution in [0.1, 0.15) is 0 Å². The van der Waals surface area contributed by atoms with Gasteiger partial charge in [0.05, 0.1) is 16.4 Å². The van der Waals surface area contributed by atoms with Gasteiger partial charge in [0, 0.05) is 29.0 Å². The van der Waals surface area contributed by atoms with Gasteiger partial charge in [-0.05, 0) is 30.3 Å². The molecule has 0 aliphatic heterocycles. The molecule has 0 amide bonds. The van der Waals surface area contributed by atoms with E-state index in [1.54, 1.807) is 42.7 Å². The summed E-state index contributed by atoms with van der Waals surface area (Å²) in [6, 6.07) is 10.4. The van der Waals surface area contributed by atoms with Crippen LogP contribution in [-0.2, 0) is 4.79 Å². The number of carboxylic acid groups (broad SMARTS) is 1. The van der Waals surface area contributed by atoms with Crippen molar-refractivity contribution in [3.8, 4) is 11.3 Å². The lowest BCUT2D eigenvalue weighted by molar-refractivity contribution is -0.134. The topological polar surface area (TPSA) is 100 Å². The Morgan fingerprint density at radius 2 is 2.00 bits per heavy atom. The Hall–Kier alpha value is -2.90. The van der Waals surface area contributed by atoms with E-state index < -0.39 is 5.97 Å². The third-order valence-corrected chi connectivity index (χ3v) is 3.82. The summed E-state index contributed by atoms with van der Waals surface area (Å²) in [5, 5.41) is 15.6. The van der Waals surface area contributed by atoms with Gasteiger partial charge in [0.1, 0.15) is 12.4 Å². The number of hydrogen-bond acceptors (Lipinski definition) is 6. The molecule has 0 atom stereocenters. The summed E-state index contributed by atoms with van der Waals surface area (Å²) in [7, 11) is 0. The number of pyridine rings is 1. The number of nitrogens with one attached hydrogen (secondary N) is 2. The van der Waals surface area contributed by atoms with Crippen LogP contribution in [0.3, 0.4) is 0 Å². The fourth-order valence-corrected chi connectivity index (χ4v) is 2.59. The van der Waals surface area contributed by atoms with E-state index in [2.05, 4.69) is 25.6 Å². The highest BCUT2D eigenvalue weighted by Crippen LogP contribution is 2.29. The Morgan fingerprint density at radius 3 is 2.69 bits per heavy atom. The predicted octanol–water partition coefficient (Wildman–Crippen LogP) is 4.09. The number of hydrogen-bond donors (Lipinski definition) is 3. The fourth-order valence-electron chi connectivity index (χ4n) is 2.14. The van der Waals surface area contributed by atoms with Crippen molar-refractivity contribution in [2.75, 3.05) is 17.2 Å². The minimum absolute atomic E-state index is 0.168. The monoisotopic (exact) mass is 389 g/mol. The molecule has 0 bridgehead atoms. The van der Waals surface area contributed by atoms with Gasteiger partial charge in [0.15, 0.2) is 0 Å². The molecule has 0 unspecified atom stereocenters. The maximum Gasteiger partial charge on any atom is 0.322 e. The van der Waals surface area contributed by atoms with Crippen LogP contribution in [0, 0.1) is 0 Å². The molecule has 2 heterocycles. The first-order valence-electron chi connectivity index (χ1n) is 7.48. The molecule has 132 valence electrons. The van der Waals surface area contributed by atoms with E-state index in [0.29, 0.717) is 27.2 Å². The van der Waals surface area contributed by atoms with E-state index in [4.69, 9.17) is 28.3 Å². The molecule has 0 saturated carbocycles. The molecule has 0 spiro atoms. The Balaban J connectivity index is 1.97. The third-order valence-electron chi connectivity index (χ3n) is 3.28. The quantitative estimate of drug-likeness (QED) is 0.583. The molecule has 7 nitrogen and oxygen atoms in total. The molecule has 0 aliphatic carbocycles. The van der Waals surface area contributed by atoms with Crippen molar-refractivity contribution in [3.05, 3.63) is 58.8 Å². The molecule has 3 aromatic rings. The second-order valence-corrected chi connectivity index (χ2v) is 6.04. The van der Waals surface area contributed by atoms with Crippen molar-refractivity contribution in [1.29, 1.82) is 0 Å². The summed E-state index contributed by atoms with van der Waals surface area (Å²) in [4.78, 5) is 23.5. The number of aliphatic carboxylic acids is 1. The van der Waals surface area contributed by atoms with Crippen molar-refractivity contribution in [1.82, 2.24) is 15.0 Å². The normalized spacial score (nSPS) is 10.4. The molecule has 2 aromatic heterocycles. The van der Waals surface area contributed by atoms with Gasteiger partial charge in [-0.25, -0.2) is 4.98 Å². The zero-order chi connectivity index (χ0) is 18.5. The van der Waals surface area contributed by atoms with Crippen LogP contribution in [0.5, 0.6) is 0 Å². The molecule has 1 aromatic carbocycles. The van der Waals surface area contributed by atoms with E-state index in [-0.39, 0.29) is 12.5 Å². The van der Waals surface area contributed by atoms with Crippen LogP contribution >= 0.6 is 23.2 Å². The summed E-state index contributed by atoms with van der Waals surface area (Å²) in [5.74, 6) is -0.409. The Morgan fingerprint density at radius 1 is 1.15 bits per heavy atom. The minimum Gasteiger partial charge on any atom is -0.480 e. The highest BCUT2D eigenvalue weighted by atomic mass is 35.5. The minimum atomic E-state index is -1.02. The Labute approximate surface area is 159 Å². The summed E-state index contributed by atoms with van der Waals surface area (Å²) < 4.78 is 0. The zero-order valence-corrected chi connectivity index (χ0v) is 14.8. The number of nitrogens with zero attached hydrogens (tertiary/aromatic N) is 3. The first-order chi connectivity index (χ1) is 12.5. The van der Waals surface area contributed by atoms with Crippen LogP contribution in [-0.4, -0.2) is 32.6 Å². The van der Waals surface area contributed by atoms with Gasteiger partial charge in [0.2, 0.25) is 5.95 Å². The van der Waals surface area contributed by atoms with Gasteiger partial charge >= 0.3 is 5.97 Å². The molecule has 3 rings (SSSR count). The average molecular weight is 390 g/mol. The Bertz CT molecular complexity index is 938. The maximum absolute atomic E-state index is 10.8. The van der Waals surface area contributed by atoms with Crippen molar-refractivity contribution < 1.29 is 9.90 Å². The maximum atomic E-state index is 10.8. The fraction of sp³-hybridized carbons (Fsp3) is 0.0588. The second-order valence-electron chi connectivity index (χ2n) is 5.20. The van der Waals surface area contributed by atoms with E-state index in [0.717, 1.165) is 5.56 Å². The van der Waals surface area contributed by atoms with Gasteiger partial charge in [0.25, 0.3) is 0 Å². The average Bonchev–Trinajstić information content (AvgIpc) is 2.63. The van der Waals surface area contributed by atoms with Crippen LogP contribution < -0.4 is 10.6 Å². The van der Waals surface area contributed by atoms with E-state index >= 15 is 0 Å². The molecule has 0 fully saturated rings. The molecule has 3 N–H and O–H groups in total. The number of aromatic nitrogens is 3. The Kier molecular flexibility index (Phi) is 5.50. The molecular formula is C17H13Cl2N5O2. The molecule has 9 heteroatoms. The van der Waals surface area contributed by atoms with E-state index in [1.807, 2.05) is 6.07 Å². The SMILES string of the molecule is O=C(O)CNc1nc(Nc2ccc(Cl)cc2Cl)cc(-c2cccnc2)n1. The molecule has 0 radical (unpaired) electrons. The third kappa shape index (κ3) is 4.59. The van der Waals surface area contributed by atoms with Crippen LogP contribution in [0.15, 0.2) is 48.8 Å². The number of halogens is 2. The van der Waals surface area contributed by atoms with Crippen LogP contribution in [0.25, 0.3) is 11.3 Å². The number of benzene rings is 1. The number of anilines is 3. The van der Waals surface area contributed by atoms with E-state index in [1.165, 1.54) is 0 Å². The molecule has 0 saturated heterocycles. The summed E-state index contributed by atoms with van der Waals surface area (Å²) >= 11 is 12.1. The van der Waals surface area contributed by atoms with Crippen LogP contribution in [0.4, 0.5) is 17.5 Å². The van der Waals surface area contributed by atoms with Crippen molar-refractivity contribution in [2.24, 2.45) is 0 Å². The van der Waals surface area contributed by atoms with Gasteiger partial charge in [-0.15, -0.1) is 0 Å². The first kappa shape index (κ1) is 17.9. The lowest BCUT2D eigenvalue weighted by Crippen LogP contribution is -2.15. The van der Waals surface area contributed by atoms with Gasteiger partial charge < -0.3 is 15.7 Å². The summed E-state index contributed by atoms with van der Waals surface area (Å²) in [6.45, 7) is -0.308. The standard InChI is InChI=1S/C17H13Cl2N5O2/c18-11-3-4-13(12(19)6-11)22-15-7-14(10-2-1-5-20-8-10)23-17(24-15)21-9-16(25)26/h1-8H,9H2,(H,25,26)(H2,21,22,23,24). The molecular weight excluding hydrogens is 377 g/mol. The summed E-state index contributed by atoms with van der Waals surface area (Å²) in [5.41, 5.74) is 1.95. The smallest absolute Gasteiger partial charge is 0.322 e. The molecule has 0 aliphatic rings. The molecule has 26 heavy (non-hydrogen) atoms. The van der Waals surface area contributed by atoms with Gasteiger partial charge in [-0.1, -0.05) is 23.2 Å². The lowest BCUT2D eigenvalue weighted by atomic mass is 10.2. The summed E-state index contributed by atoms with van der Waals surface area (Å²) in [6.07, 6.45) is 3.31. The van der Waals surface area contributed by atoms with Gasteiger partial charge in [-0.3, -0.25) is 9.78 Å².